The Hall–Kier alpha value is -2.65. The first-order valence-electron chi connectivity index (χ1n) is 9.13. The highest BCUT2D eigenvalue weighted by molar-refractivity contribution is 7.98. The van der Waals surface area contributed by atoms with Crippen molar-refractivity contribution in [3.8, 4) is 5.75 Å². The number of carbonyl (C=O) groups excluding carboxylic acids is 2. The average Bonchev–Trinajstić information content (AvgIpc) is 3.14. The van der Waals surface area contributed by atoms with Crippen LogP contribution in [0.1, 0.15) is 29.1 Å². The second-order valence-corrected chi connectivity index (χ2v) is 8.55. The van der Waals surface area contributed by atoms with Crippen molar-refractivity contribution in [2.24, 2.45) is 0 Å². The normalized spacial score (nSPS) is 15.7. The molecule has 0 radical (unpaired) electrons. The molecule has 29 heavy (non-hydrogen) atoms. The number of aromatic nitrogens is 2. The Balaban J connectivity index is 1.69. The van der Waals surface area contributed by atoms with Gasteiger partial charge in [0.05, 0.1) is 17.6 Å². The Morgan fingerprint density at radius 2 is 2.14 bits per heavy atom. The third-order valence-corrected chi connectivity index (χ3v) is 6.58. The average molecular weight is 430 g/mol. The van der Waals surface area contributed by atoms with Gasteiger partial charge in [0.2, 0.25) is 0 Å². The first-order chi connectivity index (χ1) is 13.9. The summed E-state index contributed by atoms with van der Waals surface area (Å²) < 4.78 is 6.94. The Morgan fingerprint density at radius 1 is 1.34 bits per heavy atom. The van der Waals surface area contributed by atoms with Gasteiger partial charge < -0.3 is 10.1 Å². The number of hydrogen-bond acceptors (Lipinski definition) is 7. The van der Waals surface area contributed by atoms with E-state index in [2.05, 4.69) is 10.3 Å². The molecule has 0 fully saturated rings. The second-order valence-electron chi connectivity index (χ2n) is 6.66. The molecule has 1 aliphatic heterocycles. The van der Waals surface area contributed by atoms with Crippen LogP contribution in [0.25, 0.3) is 10.2 Å². The van der Waals surface area contributed by atoms with Gasteiger partial charge in [-0.15, -0.1) is 11.3 Å². The number of carbonyl (C=O) groups is 2. The topological polar surface area (TPSA) is 90.3 Å². The molecule has 9 heteroatoms. The number of aryl methyl sites for hydroxylation is 1. The molecular weight excluding hydrogens is 410 g/mol. The van der Waals surface area contributed by atoms with Gasteiger partial charge in [-0.2, -0.15) is 0 Å². The Bertz CT molecular complexity index is 1200. The zero-order chi connectivity index (χ0) is 20.7. The summed E-state index contributed by atoms with van der Waals surface area (Å²) in [5.41, 5.74) is 0.628. The molecule has 0 bridgehead atoms. The van der Waals surface area contributed by atoms with Crippen molar-refractivity contribution in [2.45, 2.75) is 38.1 Å². The van der Waals surface area contributed by atoms with Crippen molar-refractivity contribution in [3.63, 3.8) is 0 Å². The van der Waals surface area contributed by atoms with Crippen LogP contribution in [-0.2, 0) is 17.8 Å². The van der Waals surface area contributed by atoms with Crippen molar-refractivity contribution in [3.05, 3.63) is 45.1 Å². The highest BCUT2D eigenvalue weighted by Crippen LogP contribution is 2.31. The van der Waals surface area contributed by atoms with Gasteiger partial charge in [0, 0.05) is 10.4 Å². The quantitative estimate of drug-likeness (QED) is 0.380. The predicted octanol–water partition coefficient (Wildman–Crippen LogP) is 3.34. The zero-order valence-electron chi connectivity index (χ0n) is 16.1. The largest absolute Gasteiger partial charge is 0.479 e. The molecule has 2 aromatic heterocycles. The lowest BCUT2D eigenvalue weighted by Crippen LogP contribution is -2.34. The summed E-state index contributed by atoms with van der Waals surface area (Å²) in [4.78, 5) is 44.1. The summed E-state index contributed by atoms with van der Waals surface area (Å²) in [5, 5.41) is 3.78. The van der Waals surface area contributed by atoms with E-state index in [-0.39, 0.29) is 23.8 Å². The van der Waals surface area contributed by atoms with E-state index in [1.807, 2.05) is 19.2 Å². The van der Waals surface area contributed by atoms with Crippen LogP contribution in [0.2, 0.25) is 0 Å². The van der Waals surface area contributed by atoms with Gasteiger partial charge >= 0.3 is 0 Å². The lowest BCUT2D eigenvalue weighted by atomic mass is 10.1. The van der Waals surface area contributed by atoms with Crippen molar-refractivity contribution < 1.29 is 14.3 Å². The van der Waals surface area contributed by atoms with Gasteiger partial charge in [0.1, 0.15) is 10.6 Å². The molecule has 0 saturated carbocycles. The number of rotatable bonds is 5. The fourth-order valence-electron chi connectivity index (χ4n) is 3.13. The van der Waals surface area contributed by atoms with Crippen molar-refractivity contribution in [1.29, 1.82) is 0 Å². The fourth-order valence-corrected chi connectivity index (χ4v) is 4.70. The first kappa shape index (κ1) is 19.7. The van der Waals surface area contributed by atoms with E-state index < -0.39 is 6.10 Å². The smallest absolute Gasteiger partial charge is 0.265 e. The molecule has 150 valence electrons. The summed E-state index contributed by atoms with van der Waals surface area (Å²) in [6, 6.07) is 6.73. The summed E-state index contributed by atoms with van der Waals surface area (Å²) in [5.74, 6) is 0.0102. The summed E-state index contributed by atoms with van der Waals surface area (Å²) in [7, 11) is 0. The highest BCUT2D eigenvalue weighted by Gasteiger charge is 2.24. The van der Waals surface area contributed by atoms with Crippen LogP contribution >= 0.6 is 23.1 Å². The summed E-state index contributed by atoms with van der Waals surface area (Å²) in [6.07, 6.45) is 2.08. The van der Waals surface area contributed by atoms with Gasteiger partial charge in [-0.05, 0) is 43.9 Å². The Labute approximate surface area is 175 Å². The summed E-state index contributed by atoms with van der Waals surface area (Å²) in [6.45, 7) is 3.56. The first-order valence-corrected chi connectivity index (χ1v) is 11.2. The van der Waals surface area contributed by atoms with E-state index in [4.69, 9.17) is 4.74 Å². The SMILES string of the molecule is CCc1cc2c(=O)n(CC(=O)c3ccc4c(c3)NC(=O)C(C)O4)c(SC)nc2s1. The number of hydrogen-bond donors (Lipinski definition) is 1. The minimum Gasteiger partial charge on any atom is -0.479 e. The number of Topliss-reactive ketones (excluding diaryl/α,β-unsaturated/α-hetero) is 1. The van der Waals surface area contributed by atoms with E-state index in [0.717, 1.165) is 11.3 Å². The molecule has 0 saturated heterocycles. The van der Waals surface area contributed by atoms with Gasteiger partial charge in [-0.25, -0.2) is 4.98 Å². The number of thiophene rings is 1. The summed E-state index contributed by atoms with van der Waals surface area (Å²) >= 11 is 2.84. The number of anilines is 1. The van der Waals surface area contributed by atoms with Crippen molar-refractivity contribution in [1.82, 2.24) is 9.55 Å². The lowest BCUT2D eigenvalue weighted by Gasteiger charge is -2.23. The maximum absolute atomic E-state index is 13.0. The number of nitrogens with one attached hydrogen (secondary N) is 1. The monoisotopic (exact) mass is 429 g/mol. The number of fused-ring (bicyclic) bond motifs is 2. The number of nitrogens with zero attached hydrogens (tertiary/aromatic N) is 2. The maximum Gasteiger partial charge on any atom is 0.265 e. The van der Waals surface area contributed by atoms with E-state index >= 15 is 0 Å². The molecule has 1 aliphatic rings. The van der Waals surface area contributed by atoms with Crippen LogP contribution in [-0.4, -0.2) is 33.6 Å². The van der Waals surface area contributed by atoms with Gasteiger partial charge in [0.15, 0.2) is 17.0 Å². The van der Waals surface area contributed by atoms with Crippen LogP contribution in [0.15, 0.2) is 34.2 Å². The van der Waals surface area contributed by atoms with Gasteiger partial charge in [0.25, 0.3) is 11.5 Å². The fraction of sp³-hybridized carbons (Fsp3) is 0.300. The number of thioether (sulfide) groups is 1. The highest BCUT2D eigenvalue weighted by atomic mass is 32.2. The zero-order valence-corrected chi connectivity index (χ0v) is 17.8. The van der Waals surface area contributed by atoms with Crippen molar-refractivity contribution in [2.75, 3.05) is 11.6 Å². The number of ketones is 1. The second kappa shape index (κ2) is 7.64. The minimum atomic E-state index is -0.580. The molecule has 3 heterocycles. The van der Waals surface area contributed by atoms with Crippen molar-refractivity contribution >= 4 is 50.7 Å². The molecule has 7 nitrogen and oxygen atoms in total. The molecule has 3 aromatic rings. The molecule has 1 amide bonds. The molecule has 0 aliphatic carbocycles. The minimum absolute atomic E-state index is 0.126. The molecule has 4 rings (SSSR count). The Morgan fingerprint density at radius 3 is 2.86 bits per heavy atom. The molecule has 1 atom stereocenters. The number of benzene rings is 1. The van der Waals surface area contributed by atoms with E-state index in [1.54, 1.807) is 25.1 Å². The molecular formula is C20H19N3O4S2. The van der Waals surface area contributed by atoms with Crippen LogP contribution in [0.4, 0.5) is 5.69 Å². The Kier molecular flexibility index (Phi) is 5.18. The van der Waals surface area contributed by atoms with E-state index in [9.17, 15) is 14.4 Å². The van der Waals surface area contributed by atoms with Crippen LogP contribution in [0.5, 0.6) is 5.75 Å². The van der Waals surface area contributed by atoms with Crippen LogP contribution in [0.3, 0.4) is 0 Å². The third kappa shape index (κ3) is 3.56. The molecule has 1 aromatic carbocycles. The van der Waals surface area contributed by atoms with E-state index in [0.29, 0.717) is 32.4 Å². The van der Waals surface area contributed by atoms with Crippen LogP contribution < -0.4 is 15.6 Å². The third-order valence-electron chi connectivity index (χ3n) is 4.73. The van der Waals surface area contributed by atoms with Crippen LogP contribution in [0, 0.1) is 0 Å². The lowest BCUT2D eigenvalue weighted by molar-refractivity contribution is -0.122. The number of amides is 1. The predicted molar refractivity (Wildman–Crippen MR) is 115 cm³/mol. The van der Waals surface area contributed by atoms with Gasteiger partial charge in [-0.3, -0.25) is 19.0 Å². The molecule has 1 unspecified atom stereocenters. The van der Waals surface area contributed by atoms with Gasteiger partial charge in [-0.1, -0.05) is 18.7 Å². The maximum atomic E-state index is 13.0. The standard InChI is InChI=1S/C20H19N3O4S2/c1-4-12-8-13-18(29-12)22-20(28-3)23(19(13)26)9-15(24)11-5-6-16-14(7-11)21-17(25)10(2)27-16/h5-8,10H,4,9H2,1-3H3,(H,21,25). The number of ether oxygens (including phenoxy) is 1. The molecule has 0 spiro atoms. The molecule has 1 N–H and O–H groups in total. The van der Waals surface area contributed by atoms with E-state index in [1.165, 1.54) is 27.7 Å².